The third kappa shape index (κ3) is 2.31. The van der Waals surface area contributed by atoms with Gasteiger partial charge < -0.3 is 0 Å². The van der Waals surface area contributed by atoms with E-state index in [9.17, 15) is 4.79 Å². The van der Waals surface area contributed by atoms with Gasteiger partial charge in [-0.25, -0.2) is 0 Å². The molecular weight excluding hydrogens is 204 g/mol. The van der Waals surface area contributed by atoms with E-state index in [0.717, 1.165) is 12.8 Å². The highest BCUT2D eigenvalue weighted by Crippen LogP contribution is 2.37. The smallest absolute Gasteiger partial charge is 0.141 e. The summed E-state index contributed by atoms with van der Waals surface area (Å²) < 4.78 is 0. The van der Waals surface area contributed by atoms with Crippen LogP contribution in [0.25, 0.3) is 0 Å². The number of thiophene rings is 1. The SMILES string of the molecule is Cc1ccc(C2C(=O)CCCCC2C)s1. The van der Waals surface area contributed by atoms with Crippen molar-refractivity contribution in [2.24, 2.45) is 5.92 Å². The number of carbonyl (C=O) groups excluding carboxylic acids is 1. The number of hydrogen-bond acceptors (Lipinski definition) is 2. The van der Waals surface area contributed by atoms with Crippen molar-refractivity contribution in [1.29, 1.82) is 0 Å². The van der Waals surface area contributed by atoms with E-state index in [4.69, 9.17) is 0 Å². The Morgan fingerprint density at radius 1 is 1.33 bits per heavy atom. The van der Waals surface area contributed by atoms with Gasteiger partial charge in [0.05, 0.1) is 5.92 Å². The molecule has 0 N–H and O–H groups in total. The Hall–Kier alpha value is -0.630. The zero-order valence-electron chi connectivity index (χ0n) is 9.45. The predicted molar refractivity (Wildman–Crippen MR) is 64.4 cm³/mol. The second-order valence-corrected chi connectivity index (χ2v) is 5.93. The molecule has 1 aromatic heterocycles. The van der Waals surface area contributed by atoms with E-state index in [1.807, 2.05) is 0 Å². The molecule has 0 aromatic carbocycles. The first-order chi connectivity index (χ1) is 7.18. The molecule has 1 heterocycles. The first-order valence-electron chi connectivity index (χ1n) is 5.77. The van der Waals surface area contributed by atoms with Crippen LogP contribution in [-0.2, 0) is 4.79 Å². The fourth-order valence-electron chi connectivity index (χ4n) is 2.46. The molecular formula is C13H18OS. The molecule has 0 bridgehead atoms. The molecule has 0 saturated heterocycles. The highest BCUT2D eigenvalue weighted by molar-refractivity contribution is 7.12. The second kappa shape index (κ2) is 4.48. The van der Waals surface area contributed by atoms with E-state index in [1.54, 1.807) is 11.3 Å². The van der Waals surface area contributed by atoms with Crippen LogP contribution in [0.2, 0.25) is 0 Å². The average Bonchev–Trinajstić information content (AvgIpc) is 2.52. The summed E-state index contributed by atoms with van der Waals surface area (Å²) in [5.41, 5.74) is 0. The lowest BCUT2D eigenvalue weighted by atomic mass is 9.87. The lowest BCUT2D eigenvalue weighted by Crippen LogP contribution is -2.16. The molecule has 0 spiro atoms. The van der Waals surface area contributed by atoms with Crippen LogP contribution in [0.3, 0.4) is 0 Å². The van der Waals surface area contributed by atoms with Crippen molar-refractivity contribution >= 4 is 17.1 Å². The molecule has 1 aliphatic rings. The summed E-state index contributed by atoms with van der Waals surface area (Å²) >= 11 is 1.79. The predicted octanol–water partition coefficient (Wildman–Crippen LogP) is 3.92. The van der Waals surface area contributed by atoms with Crippen molar-refractivity contribution in [3.8, 4) is 0 Å². The quantitative estimate of drug-likeness (QED) is 0.658. The lowest BCUT2D eigenvalue weighted by Gasteiger charge is -2.18. The number of carbonyl (C=O) groups is 1. The highest BCUT2D eigenvalue weighted by Gasteiger charge is 2.29. The second-order valence-electron chi connectivity index (χ2n) is 4.62. The van der Waals surface area contributed by atoms with Crippen molar-refractivity contribution in [2.75, 3.05) is 0 Å². The van der Waals surface area contributed by atoms with Gasteiger partial charge in [0, 0.05) is 16.2 Å². The summed E-state index contributed by atoms with van der Waals surface area (Å²) in [4.78, 5) is 14.6. The molecule has 82 valence electrons. The fraction of sp³-hybridized carbons (Fsp3) is 0.615. The third-order valence-corrected chi connectivity index (χ3v) is 4.40. The molecule has 15 heavy (non-hydrogen) atoms. The van der Waals surface area contributed by atoms with Gasteiger partial charge in [-0.2, -0.15) is 0 Å². The number of ketones is 1. The maximum absolute atomic E-state index is 12.0. The van der Waals surface area contributed by atoms with Crippen LogP contribution in [0, 0.1) is 12.8 Å². The summed E-state index contributed by atoms with van der Waals surface area (Å²) in [6, 6.07) is 4.27. The number of hydrogen-bond donors (Lipinski definition) is 0. The molecule has 1 saturated carbocycles. The summed E-state index contributed by atoms with van der Waals surface area (Å²) in [5, 5.41) is 0. The van der Waals surface area contributed by atoms with Gasteiger partial charge in [-0.1, -0.05) is 13.3 Å². The molecule has 1 aliphatic carbocycles. The Balaban J connectivity index is 2.27. The van der Waals surface area contributed by atoms with E-state index in [-0.39, 0.29) is 5.92 Å². The minimum Gasteiger partial charge on any atom is -0.299 e. The van der Waals surface area contributed by atoms with Crippen LogP contribution < -0.4 is 0 Å². The largest absolute Gasteiger partial charge is 0.299 e. The Bertz CT molecular complexity index is 353. The van der Waals surface area contributed by atoms with Crippen molar-refractivity contribution < 1.29 is 4.79 Å². The highest BCUT2D eigenvalue weighted by atomic mass is 32.1. The van der Waals surface area contributed by atoms with Gasteiger partial charge >= 0.3 is 0 Å². The maximum atomic E-state index is 12.0. The van der Waals surface area contributed by atoms with Crippen molar-refractivity contribution in [2.45, 2.75) is 45.4 Å². The average molecular weight is 222 g/mol. The van der Waals surface area contributed by atoms with Gasteiger partial charge in [-0.05, 0) is 37.8 Å². The van der Waals surface area contributed by atoms with Crippen LogP contribution in [0.4, 0.5) is 0 Å². The van der Waals surface area contributed by atoms with Crippen molar-refractivity contribution in [1.82, 2.24) is 0 Å². The summed E-state index contributed by atoms with van der Waals surface area (Å²) in [6.07, 6.45) is 4.29. The molecule has 1 fully saturated rings. The molecule has 2 heteroatoms. The first kappa shape index (κ1) is 10.9. The molecule has 0 aliphatic heterocycles. The summed E-state index contributed by atoms with van der Waals surface area (Å²) in [5.74, 6) is 1.17. The third-order valence-electron chi connectivity index (χ3n) is 3.32. The van der Waals surface area contributed by atoms with Crippen LogP contribution in [0.1, 0.15) is 48.3 Å². The van der Waals surface area contributed by atoms with E-state index in [0.29, 0.717) is 11.7 Å². The number of aryl methyl sites for hydroxylation is 1. The van der Waals surface area contributed by atoms with Crippen LogP contribution >= 0.6 is 11.3 Å². The monoisotopic (exact) mass is 222 g/mol. The van der Waals surface area contributed by atoms with E-state index in [2.05, 4.69) is 26.0 Å². The number of rotatable bonds is 1. The van der Waals surface area contributed by atoms with Gasteiger partial charge in [0.25, 0.3) is 0 Å². The minimum absolute atomic E-state index is 0.186. The maximum Gasteiger partial charge on any atom is 0.141 e. The zero-order chi connectivity index (χ0) is 10.8. The van der Waals surface area contributed by atoms with Gasteiger partial charge in [0.2, 0.25) is 0 Å². The normalized spacial score (nSPS) is 27.7. The molecule has 0 radical (unpaired) electrons. The Labute approximate surface area is 95.5 Å². The molecule has 1 aromatic rings. The van der Waals surface area contributed by atoms with Gasteiger partial charge in [-0.15, -0.1) is 11.3 Å². The van der Waals surface area contributed by atoms with Gasteiger partial charge in [0.15, 0.2) is 0 Å². The van der Waals surface area contributed by atoms with Crippen LogP contribution in [0.5, 0.6) is 0 Å². The van der Waals surface area contributed by atoms with E-state index >= 15 is 0 Å². The topological polar surface area (TPSA) is 17.1 Å². The zero-order valence-corrected chi connectivity index (χ0v) is 10.3. The van der Waals surface area contributed by atoms with Crippen LogP contribution in [-0.4, -0.2) is 5.78 Å². The fourth-order valence-corrected chi connectivity index (χ4v) is 3.60. The van der Waals surface area contributed by atoms with Gasteiger partial charge in [-0.3, -0.25) is 4.79 Å². The summed E-state index contributed by atoms with van der Waals surface area (Å²) in [7, 11) is 0. The molecule has 2 rings (SSSR count). The molecule has 1 nitrogen and oxygen atoms in total. The summed E-state index contributed by atoms with van der Waals surface area (Å²) in [6.45, 7) is 4.34. The standard InChI is InChI=1S/C13H18OS/c1-9-5-3-4-6-11(14)13(9)12-8-7-10(2)15-12/h7-9,13H,3-6H2,1-2H3. The lowest BCUT2D eigenvalue weighted by molar-refractivity contribution is -0.121. The van der Waals surface area contributed by atoms with Gasteiger partial charge in [0.1, 0.15) is 5.78 Å². The van der Waals surface area contributed by atoms with E-state index in [1.165, 1.54) is 22.6 Å². The Kier molecular flexibility index (Phi) is 3.25. The Morgan fingerprint density at radius 3 is 2.80 bits per heavy atom. The number of Topliss-reactive ketones (excluding diaryl/α,β-unsaturated/α-hetero) is 1. The minimum atomic E-state index is 0.186. The van der Waals surface area contributed by atoms with Crippen molar-refractivity contribution in [3.63, 3.8) is 0 Å². The molecule has 2 atom stereocenters. The van der Waals surface area contributed by atoms with E-state index < -0.39 is 0 Å². The van der Waals surface area contributed by atoms with Crippen molar-refractivity contribution in [3.05, 3.63) is 21.9 Å². The Morgan fingerprint density at radius 2 is 2.13 bits per heavy atom. The first-order valence-corrected chi connectivity index (χ1v) is 6.59. The van der Waals surface area contributed by atoms with Crippen LogP contribution in [0.15, 0.2) is 12.1 Å². The molecule has 0 amide bonds. The molecule has 2 unspecified atom stereocenters.